The van der Waals surface area contributed by atoms with E-state index < -0.39 is 17.6 Å². The second-order valence-electron chi connectivity index (χ2n) is 12.7. The summed E-state index contributed by atoms with van der Waals surface area (Å²) in [5.74, 6) is -0.471. The lowest BCUT2D eigenvalue weighted by atomic mass is 9.76. The standard InChI is InChI=1S/C37H42ClN3O5/c1-8-29(46-30-18-17-23(36(4,5)9-2)20-26(30)37(6,7)10-3)35(45)39-24-14-11-13-22(19-24)34(44)40-28-21-27(38)32-25(33(28)43)15-12-16-31(42)41-32/h11-21,29,43H,8-10H2,1-7H3,(H,39,45)(H,40,44). The van der Waals surface area contributed by atoms with Crippen molar-refractivity contribution >= 4 is 45.7 Å². The molecule has 4 aromatic rings. The number of halogens is 1. The van der Waals surface area contributed by atoms with Crippen molar-refractivity contribution in [3.63, 3.8) is 0 Å². The number of carbonyl (C=O) groups is 2. The Morgan fingerprint density at radius 3 is 2.28 bits per heavy atom. The Balaban J connectivity index is 1.55. The van der Waals surface area contributed by atoms with Crippen LogP contribution in [0.1, 0.15) is 89.2 Å². The number of benzene rings is 3. The molecule has 0 spiro atoms. The fraction of sp³-hybridized carbons (Fsp3) is 0.351. The molecule has 0 aliphatic carbocycles. The van der Waals surface area contributed by atoms with Crippen molar-refractivity contribution < 1.29 is 19.4 Å². The van der Waals surface area contributed by atoms with Crippen molar-refractivity contribution in [3.8, 4) is 11.5 Å². The molecule has 1 aromatic heterocycles. The summed E-state index contributed by atoms with van der Waals surface area (Å²) in [4.78, 5) is 42.4. The normalized spacial score (nSPS) is 12.4. The SMILES string of the molecule is CCC(Oc1ccc(C(C)(C)CC)cc1C(C)(C)CC)C(=O)Nc1cccc(C(=O)Nc2cc(Cl)c3nc(=O)cccc3c2O)c1. The molecule has 1 atom stereocenters. The summed E-state index contributed by atoms with van der Waals surface area (Å²) < 4.78 is 6.39. The van der Waals surface area contributed by atoms with Gasteiger partial charge in [-0.3, -0.25) is 14.4 Å². The highest BCUT2D eigenvalue weighted by molar-refractivity contribution is 6.36. The van der Waals surface area contributed by atoms with Crippen molar-refractivity contribution in [2.45, 2.75) is 84.7 Å². The molecule has 8 nitrogen and oxygen atoms in total. The summed E-state index contributed by atoms with van der Waals surface area (Å²) in [6, 6.07) is 18.3. The summed E-state index contributed by atoms with van der Waals surface area (Å²) in [5, 5.41) is 16.7. The van der Waals surface area contributed by atoms with Crippen LogP contribution in [0.4, 0.5) is 11.4 Å². The second kappa shape index (κ2) is 13.9. The number of phenols is 1. The molecule has 1 heterocycles. The molecule has 0 saturated heterocycles. The van der Waals surface area contributed by atoms with Crippen molar-refractivity contribution in [2.24, 2.45) is 0 Å². The number of ether oxygens (including phenoxy) is 1. The Morgan fingerprint density at radius 1 is 0.913 bits per heavy atom. The molecule has 0 radical (unpaired) electrons. The number of rotatable bonds is 11. The minimum absolute atomic E-state index is 0.00621. The molecule has 9 heteroatoms. The Labute approximate surface area is 275 Å². The van der Waals surface area contributed by atoms with E-state index in [4.69, 9.17) is 16.3 Å². The maximum Gasteiger partial charge on any atom is 0.270 e. The molecule has 0 bridgehead atoms. The number of anilines is 2. The van der Waals surface area contributed by atoms with E-state index in [1.807, 2.05) is 13.0 Å². The van der Waals surface area contributed by atoms with Crippen molar-refractivity contribution in [3.05, 3.63) is 98.8 Å². The fourth-order valence-electron chi connectivity index (χ4n) is 5.00. The predicted molar refractivity (Wildman–Crippen MR) is 185 cm³/mol. The van der Waals surface area contributed by atoms with Crippen LogP contribution in [0.15, 0.2) is 71.5 Å². The van der Waals surface area contributed by atoms with E-state index >= 15 is 0 Å². The summed E-state index contributed by atoms with van der Waals surface area (Å²) in [6.07, 6.45) is 1.56. The fourth-order valence-corrected chi connectivity index (χ4v) is 5.25. The van der Waals surface area contributed by atoms with Gasteiger partial charge in [-0.25, -0.2) is 4.98 Å². The summed E-state index contributed by atoms with van der Waals surface area (Å²) >= 11 is 6.33. The van der Waals surface area contributed by atoms with E-state index in [2.05, 4.69) is 69.3 Å². The van der Waals surface area contributed by atoms with Gasteiger partial charge in [-0.2, -0.15) is 0 Å². The number of phenolic OH excluding ortho intramolecular Hbond substituents is 1. The minimum atomic E-state index is -0.768. The predicted octanol–water partition coefficient (Wildman–Crippen LogP) is 8.38. The number of aromatic hydroxyl groups is 1. The molecule has 1 unspecified atom stereocenters. The van der Waals surface area contributed by atoms with Gasteiger partial charge in [0, 0.05) is 28.3 Å². The van der Waals surface area contributed by atoms with E-state index in [0.29, 0.717) is 17.9 Å². The number of amides is 2. The Bertz CT molecular complexity index is 1840. The quantitative estimate of drug-likeness (QED) is 0.141. The summed E-state index contributed by atoms with van der Waals surface area (Å²) in [7, 11) is 0. The van der Waals surface area contributed by atoms with E-state index in [0.717, 1.165) is 18.4 Å². The van der Waals surface area contributed by atoms with Crippen LogP contribution in [0.25, 0.3) is 10.9 Å². The van der Waals surface area contributed by atoms with Gasteiger partial charge in [0.25, 0.3) is 17.4 Å². The number of hydrogen-bond acceptors (Lipinski definition) is 6. The van der Waals surface area contributed by atoms with Crippen LogP contribution >= 0.6 is 11.6 Å². The molecule has 242 valence electrons. The summed E-state index contributed by atoms with van der Waals surface area (Å²) in [6.45, 7) is 15.0. The van der Waals surface area contributed by atoms with Crippen LogP contribution in [-0.2, 0) is 15.6 Å². The molecule has 0 aliphatic rings. The van der Waals surface area contributed by atoms with Gasteiger partial charge in [0.1, 0.15) is 11.5 Å². The third-order valence-corrected chi connectivity index (χ3v) is 9.11. The van der Waals surface area contributed by atoms with Gasteiger partial charge in [-0.15, -0.1) is 0 Å². The maximum absolute atomic E-state index is 13.5. The number of fused-ring (bicyclic) bond motifs is 1. The van der Waals surface area contributed by atoms with Crippen LogP contribution in [0.2, 0.25) is 5.02 Å². The lowest BCUT2D eigenvalue weighted by molar-refractivity contribution is -0.122. The van der Waals surface area contributed by atoms with Crippen LogP contribution in [0.3, 0.4) is 0 Å². The number of aromatic nitrogens is 1. The Kier molecular flexibility index (Phi) is 10.4. The first-order chi connectivity index (χ1) is 21.7. The number of carbonyl (C=O) groups excluding carboxylic acids is 2. The van der Waals surface area contributed by atoms with E-state index in [1.54, 1.807) is 18.2 Å². The van der Waals surface area contributed by atoms with Crippen LogP contribution in [0, 0.1) is 0 Å². The average molecular weight is 644 g/mol. The Hall–Kier alpha value is -4.43. The zero-order chi connectivity index (χ0) is 33.8. The van der Waals surface area contributed by atoms with Gasteiger partial charge >= 0.3 is 0 Å². The highest BCUT2D eigenvalue weighted by atomic mass is 35.5. The van der Waals surface area contributed by atoms with E-state index in [9.17, 15) is 19.5 Å². The smallest absolute Gasteiger partial charge is 0.270 e. The number of nitrogens with zero attached hydrogens (tertiary/aromatic N) is 1. The third-order valence-electron chi connectivity index (χ3n) is 8.82. The van der Waals surface area contributed by atoms with Crippen molar-refractivity contribution in [1.82, 2.24) is 4.98 Å². The maximum atomic E-state index is 13.5. The van der Waals surface area contributed by atoms with Crippen LogP contribution < -0.4 is 20.9 Å². The van der Waals surface area contributed by atoms with Gasteiger partial charge in [0.05, 0.1) is 16.2 Å². The zero-order valence-electron chi connectivity index (χ0n) is 27.5. The van der Waals surface area contributed by atoms with Crippen molar-refractivity contribution in [2.75, 3.05) is 10.6 Å². The zero-order valence-corrected chi connectivity index (χ0v) is 28.2. The molecule has 3 aromatic carbocycles. The molecule has 46 heavy (non-hydrogen) atoms. The molecule has 3 N–H and O–H groups in total. The van der Waals surface area contributed by atoms with Gasteiger partial charge in [-0.05, 0) is 72.1 Å². The van der Waals surface area contributed by atoms with E-state index in [1.165, 1.54) is 35.9 Å². The first-order valence-electron chi connectivity index (χ1n) is 15.6. The number of nitrogens with one attached hydrogen (secondary N) is 2. The lowest BCUT2D eigenvalue weighted by Crippen LogP contribution is -2.33. The molecule has 0 saturated carbocycles. The first kappa shape index (κ1) is 34.4. The monoisotopic (exact) mass is 643 g/mol. The molecule has 2 amide bonds. The highest BCUT2D eigenvalue weighted by Gasteiger charge is 2.29. The van der Waals surface area contributed by atoms with Crippen LogP contribution in [-0.4, -0.2) is 28.0 Å². The van der Waals surface area contributed by atoms with Crippen molar-refractivity contribution in [1.29, 1.82) is 0 Å². The first-order valence-corrected chi connectivity index (χ1v) is 15.9. The topological polar surface area (TPSA) is 118 Å². The second-order valence-corrected chi connectivity index (χ2v) is 13.1. The average Bonchev–Trinajstić information content (AvgIpc) is 3.24. The minimum Gasteiger partial charge on any atom is -0.505 e. The summed E-state index contributed by atoms with van der Waals surface area (Å²) in [5.41, 5.74) is 2.45. The third kappa shape index (κ3) is 7.50. The van der Waals surface area contributed by atoms with Gasteiger partial charge < -0.3 is 20.5 Å². The lowest BCUT2D eigenvalue weighted by Gasteiger charge is -2.31. The largest absolute Gasteiger partial charge is 0.505 e. The van der Waals surface area contributed by atoms with Gasteiger partial charge in [-0.1, -0.05) is 84.3 Å². The highest BCUT2D eigenvalue weighted by Crippen LogP contribution is 2.39. The molecule has 0 fully saturated rings. The van der Waals surface area contributed by atoms with E-state index in [-0.39, 0.29) is 49.7 Å². The molecule has 0 aliphatic heterocycles. The molecular weight excluding hydrogens is 602 g/mol. The molecular formula is C37H42ClN3O5. The van der Waals surface area contributed by atoms with Crippen LogP contribution in [0.5, 0.6) is 11.5 Å². The van der Waals surface area contributed by atoms with Gasteiger partial charge in [0.15, 0.2) is 6.10 Å². The molecule has 4 rings (SSSR count). The number of hydrogen-bond donors (Lipinski definition) is 3. The Morgan fingerprint density at radius 2 is 1.61 bits per heavy atom. The van der Waals surface area contributed by atoms with Gasteiger partial charge in [0.2, 0.25) is 0 Å².